The fraction of sp³-hybridized carbons (Fsp3) is 0.222. The summed E-state index contributed by atoms with van der Waals surface area (Å²) in [6, 6.07) is 15.6. The lowest BCUT2D eigenvalue weighted by molar-refractivity contribution is -0.119. The van der Waals surface area contributed by atoms with Gasteiger partial charge in [-0.25, -0.2) is 4.98 Å². The number of anilines is 1. The molecule has 1 heterocycles. The second kappa shape index (κ2) is 7.31. The van der Waals surface area contributed by atoms with Crippen LogP contribution in [0.2, 0.25) is 0 Å². The Hall–Kier alpha value is -2.60. The van der Waals surface area contributed by atoms with E-state index >= 15 is 0 Å². The number of hydrogen-bond donors (Lipinski definition) is 1. The highest BCUT2D eigenvalue weighted by molar-refractivity contribution is 7.22. The molecule has 0 spiro atoms. The summed E-state index contributed by atoms with van der Waals surface area (Å²) in [5, 5.41) is 3.76. The number of nitrogens with one attached hydrogen (secondary N) is 1. The lowest BCUT2D eigenvalue weighted by atomic mass is 10.2. The predicted molar refractivity (Wildman–Crippen MR) is 97.7 cm³/mol. The van der Waals surface area contributed by atoms with E-state index in [1.807, 2.05) is 60.5 Å². The maximum atomic E-state index is 12.2. The molecule has 1 aromatic heterocycles. The Morgan fingerprint density at radius 3 is 2.75 bits per heavy atom. The summed E-state index contributed by atoms with van der Waals surface area (Å²) < 4.78 is 6.41. The fourth-order valence-corrected chi connectivity index (χ4v) is 3.33. The number of hydrogen-bond acceptors (Lipinski definition) is 5. The molecule has 0 unspecified atom stereocenters. The van der Waals surface area contributed by atoms with E-state index < -0.39 is 0 Å². The number of methoxy groups -OCH3 is 1. The van der Waals surface area contributed by atoms with Gasteiger partial charge in [-0.15, -0.1) is 0 Å². The Morgan fingerprint density at radius 2 is 1.96 bits per heavy atom. The van der Waals surface area contributed by atoms with Crippen LogP contribution < -0.4 is 15.0 Å². The van der Waals surface area contributed by atoms with Gasteiger partial charge in [-0.2, -0.15) is 0 Å². The number of aromatic nitrogens is 1. The molecule has 124 valence electrons. The molecule has 5 nitrogen and oxygen atoms in total. The van der Waals surface area contributed by atoms with Crippen molar-refractivity contribution in [1.29, 1.82) is 0 Å². The van der Waals surface area contributed by atoms with Crippen molar-refractivity contribution < 1.29 is 9.53 Å². The van der Waals surface area contributed by atoms with E-state index in [4.69, 9.17) is 4.74 Å². The van der Waals surface area contributed by atoms with Crippen LogP contribution in [0.1, 0.15) is 5.56 Å². The number of ether oxygens (including phenoxy) is 1. The minimum Gasteiger partial charge on any atom is -0.496 e. The zero-order valence-electron chi connectivity index (χ0n) is 13.7. The van der Waals surface area contributed by atoms with Crippen molar-refractivity contribution >= 4 is 32.6 Å². The van der Waals surface area contributed by atoms with Gasteiger partial charge in [0.15, 0.2) is 5.13 Å². The number of benzene rings is 2. The van der Waals surface area contributed by atoms with Crippen molar-refractivity contribution in [3.8, 4) is 5.75 Å². The molecular weight excluding hydrogens is 322 g/mol. The first kappa shape index (κ1) is 16.3. The number of para-hydroxylation sites is 2. The maximum absolute atomic E-state index is 12.2. The minimum absolute atomic E-state index is 0.0531. The predicted octanol–water partition coefficient (Wildman–Crippen LogP) is 3.06. The Balaban J connectivity index is 1.60. The average molecular weight is 341 g/mol. The van der Waals surface area contributed by atoms with Crippen LogP contribution in [0.4, 0.5) is 5.13 Å². The lowest BCUT2D eigenvalue weighted by Crippen LogP contribution is -2.34. The van der Waals surface area contributed by atoms with Crippen molar-refractivity contribution in [2.24, 2.45) is 0 Å². The van der Waals surface area contributed by atoms with Crippen LogP contribution in [0.25, 0.3) is 10.2 Å². The summed E-state index contributed by atoms with van der Waals surface area (Å²) in [4.78, 5) is 18.6. The number of carbonyl (C=O) groups is 1. The van der Waals surface area contributed by atoms with Crippen LogP contribution in [0.3, 0.4) is 0 Å². The van der Waals surface area contributed by atoms with Gasteiger partial charge in [-0.05, 0) is 18.2 Å². The van der Waals surface area contributed by atoms with Crippen LogP contribution in [-0.4, -0.2) is 31.6 Å². The highest BCUT2D eigenvalue weighted by atomic mass is 32.1. The Labute approximate surface area is 144 Å². The largest absolute Gasteiger partial charge is 0.496 e. The summed E-state index contributed by atoms with van der Waals surface area (Å²) in [7, 11) is 3.50. The number of nitrogens with zero attached hydrogens (tertiary/aromatic N) is 2. The fourth-order valence-electron chi connectivity index (χ4n) is 2.41. The molecule has 0 fully saturated rings. The zero-order chi connectivity index (χ0) is 16.9. The summed E-state index contributed by atoms with van der Waals surface area (Å²) >= 11 is 1.58. The topological polar surface area (TPSA) is 54.5 Å². The molecule has 0 aliphatic heterocycles. The molecule has 0 aliphatic carbocycles. The average Bonchev–Trinajstić information content (AvgIpc) is 3.04. The smallest absolute Gasteiger partial charge is 0.239 e. The van der Waals surface area contributed by atoms with Gasteiger partial charge in [0.2, 0.25) is 5.91 Å². The lowest BCUT2D eigenvalue weighted by Gasteiger charge is -2.15. The number of amides is 1. The first-order chi connectivity index (χ1) is 11.7. The molecule has 0 aliphatic rings. The number of likely N-dealkylation sites (N-methyl/N-ethyl adjacent to an activating group) is 1. The maximum Gasteiger partial charge on any atom is 0.239 e. The number of fused-ring (bicyclic) bond motifs is 1. The van der Waals surface area contributed by atoms with E-state index in [1.165, 1.54) is 0 Å². The Kier molecular flexibility index (Phi) is 4.96. The molecule has 0 saturated carbocycles. The zero-order valence-corrected chi connectivity index (χ0v) is 14.5. The van der Waals surface area contributed by atoms with Gasteiger partial charge < -0.3 is 15.0 Å². The molecule has 2 aromatic carbocycles. The van der Waals surface area contributed by atoms with E-state index in [2.05, 4.69) is 10.3 Å². The van der Waals surface area contributed by atoms with Crippen LogP contribution in [0, 0.1) is 0 Å². The third kappa shape index (κ3) is 3.65. The standard InChI is InChI=1S/C18H19N3O2S/c1-21(18-20-14-8-4-6-10-16(14)24-18)12-17(22)19-11-13-7-3-5-9-15(13)23-2/h3-10H,11-12H2,1-2H3,(H,19,22). The molecule has 24 heavy (non-hydrogen) atoms. The SMILES string of the molecule is COc1ccccc1CNC(=O)CN(C)c1nc2ccccc2s1. The van der Waals surface area contributed by atoms with Gasteiger partial charge >= 0.3 is 0 Å². The van der Waals surface area contributed by atoms with Crippen LogP contribution in [0.15, 0.2) is 48.5 Å². The van der Waals surface area contributed by atoms with Gasteiger partial charge in [0.25, 0.3) is 0 Å². The van der Waals surface area contributed by atoms with Crippen LogP contribution in [0.5, 0.6) is 5.75 Å². The molecule has 3 rings (SSSR count). The number of rotatable bonds is 6. The van der Waals surface area contributed by atoms with Crippen LogP contribution >= 0.6 is 11.3 Å². The summed E-state index contributed by atoms with van der Waals surface area (Å²) in [6.07, 6.45) is 0. The molecular formula is C18H19N3O2S. The third-order valence-corrected chi connectivity index (χ3v) is 4.81. The van der Waals surface area contributed by atoms with E-state index in [0.717, 1.165) is 26.7 Å². The van der Waals surface area contributed by atoms with E-state index in [9.17, 15) is 4.79 Å². The van der Waals surface area contributed by atoms with E-state index in [0.29, 0.717) is 6.54 Å². The molecule has 1 amide bonds. The van der Waals surface area contributed by atoms with Crippen molar-refractivity contribution in [1.82, 2.24) is 10.3 Å². The van der Waals surface area contributed by atoms with E-state index in [-0.39, 0.29) is 12.5 Å². The number of carbonyl (C=O) groups excluding carboxylic acids is 1. The molecule has 3 aromatic rings. The van der Waals surface area contributed by atoms with Gasteiger partial charge in [0.05, 0.1) is 23.9 Å². The van der Waals surface area contributed by atoms with Gasteiger partial charge in [-0.1, -0.05) is 41.7 Å². The molecule has 6 heteroatoms. The monoisotopic (exact) mass is 341 g/mol. The normalized spacial score (nSPS) is 10.6. The highest BCUT2D eigenvalue weighted by Crippen LogP contribution is 2.27. The molecule has 0 bridgehead atoms. The number of thiazole rings is 1. The summed E-state index contributed by atoms with van der Waals surface area (Å²) in [5.41, 5.74) is 1.91. The van der Waals surface area contributed by atoms with Crippen molar-refractivity contribution in [3.05, 3.63) is 54.1 Å². The summed E-state index contributed by atoms with van der Waals surface area (Å²) in [6.45, 7) is 0.700. The second-order valence-corrected chi connectivity index (χ2v) is 6.42. The molecule has 0 atom stereocenters. The van der Waals surface area contributed by atoms with Gasteiger partial charge in [0, 0.05) is 19.2 Å². The quantitative estimate of drug-likeness (QED) is 0.749. The summed E-state index contributed by atoms with van der Waals surface area (Å²) in [5.74, 6) is 0.722. The highest BCUT2D eigenvalue weighted by Gasteiger charge is 2.12. The van der Waals surface area contributed by atoms with Crippen molar-refractivity contribution in [3.63, 3.8) is 0 Å². The van der Waals surface area contributed by atoms with Crippen LogP contribution in [-0.2, 0) is 11.3 Å². The van der Waals surface area contributed by atoms with Crippen molar-refractivity contribution in [2.45, 2.75) is 6.54 Å². The van der Waals surface area contributed by atoms with E-state index in [1.54, 1.807) is 18.4 Å². The molecule has 0 saturated heterocycles. The van der Waals surface area contributed by atoms with Gasteiger partial charge in [-0.3, -0.25) is 4.79 Å². The Morgan fingerprint density at radius 1 is 1.21 bits per heavy atom. The first-order valence-electron chi connectivity index (χ1n) is 7.62. The molecule has 1 N–H and O–H groups in total. The Bertz CT molecular complexity index is 814. The first-order valence-corrected chi connectivity index (χ1v) is 8.44. The second-order valence-electron chi connectivity index (χ2n) is 5.41. The van der Waals surface area contributed by atoms with Crippen molar-refractivity contribution in [2.75, 3.05) is 25.6 Å². The third-order valence-electron chi connectivity index (χ3n) is 3.66. The molecule has 0 radical (unpaired) electrons. The van der Waals surface area contributed by atoms with Gasteiger partial charge in [0.1, 0.15) is 5.75 Å². The minimum atomic E-state index is -0.0531.